The van der Waals surface area contributed by atoms with Gasteiger partial charge in [-0.3, -0.25) is 9.78 Å². The van der Waals surface area contributed by atoms with Gasteiger partial charge >= 0.3 is 6.03 Å². The number of amides is 3. The van der Waals surface area contributed by atoms with E-state index in [1.54, 1.807) is 41.7 Å². The molecule has 2 aliphatic rings. The molecule has 1 aromatic carbocycles. The van der Waals surface area contributed by atoms with Crippen molar-refractivity contribution in [3.8, 4) is 11.1 Å². The Morgan fingerprint density at radius 1 is 1.20 bits per heavy atom. The predicted octanol–water partition coefficient (Wildman–Crippen LogP) is 4.71. The Morgan fingerprint density at radius 3 is 2.66 bits per heavy atom. The summed E-state index contributed by atoms with van der Waals surface area (Å²) in [4.78, 5) is 37.1. The zero-order valence-electron chi connectivity index (χ0n) is 19.7. The number of likely N-dealkylation sites (N-methyl/N-ethyl adjacent to an activating group) is 2. The van der Waals surface area contributed by atoms with Crippen molar-refractivity contribution in [2.75, 3.05) is 31.7 Å². The first-order valence-electron chi connectivity index (χ1n) is 11.5. The number of carbonyl (C=O) groups is 2. The van der Waals surface area contributed by atoms with E-state index in [0.29, 0.717) is 16.5 Å². The first kappa shape index (κ1) is 23.1. The zero-order chi connectivity index (χ0) is 24.7. The molecule has 3 heterocycles. The Labute approximate surface area is 208 Å². The monoisotopic (exact) mass is 490 g/mol. The third-order valence-corrected chi connectivity index (χ3v) is 7.54. The number of nitrogens with one attached hydrogen (secondary N) is 1. The lowest BCUT2D eigenvalue weighted by Crippen LogP contribution is -2.46. The van der Waals surface area contributed by atoms with Gasteiger partial charge < -0.3 is 20.9 Å². The van der Waals surface area contributed by atoms with Crippen LogP contribution < -0.4 is 11.1 Å². The maximum atomic E-state index is 12.7. The number of nitrogen functional groups attached to an aromatic ring is 1. The molecular formula is C26H27ClN6O2. The summed E-state index contributed by atoms with van der Waals surface area (Å²) in [5.74, 6) is 0.235. The SMILES string of the molecule is CN1CC2(CCC(=CC(=O)Nc3cc4cc(-c5cnccc5Cl)cc(N)c4cn3)CC2)N(C)C1=O. The molecular weight excluding hydrogens is 464 g/mol. The van der Waals surface area contributed by atoms with Gasteiger partial charge in [-0.2, -0.15) is 0 Å². The molecule has 1 saturated heterocycles. The van der Waals surface area contributed by atoms with E-state index in [4.69, 9.17) is 17.3 Å². The second kappa shape index (κ2) is 8.85. The fourth-order valence-electron chi connectivity index (χ4n) is 5.20. The zero-order valence-corrected chi connectivity index (χ0v) is 20.5. The van der Waals surface area contributed by atoms with Crippen LogP contribution in [0.3, 0.4) is 0 Å². The third kappa shape index (κ3) is 4.30. The molecule has 3 aromatic rings. The lowest BCUT2D eigenvalue weighted by molar-refractivity contribution is -0.112. The second-order valence-corrected chi connectivity index (χ2v) is 9.83. The highest BCUT2D eigenvalue weighted by molar-refractivity contribution is 6.33. The van der Waals surface area contributed by atoms with Crippen molar-refractivity contribution in [3.63, 3.8) is 0 Å². The fraction of sp³-hybridized carbons (Fsp3) is 0.308. The fourth-order valence-corrected chi connectivity index (χ4v) is 5.41. The molecule has 180 valence electrons. The van der Waals surface area contributed by atoms with E-state index < -0.39 is 0 Å². The lowest BCUT2D eigenvalue weighted by Gasteiger charge is -2.38. The number of anilines is 2. The summed E-state index contributed by atoms with van der Waals surface area (Å²) in [6, 6.07) is 7.41. The van der Waals surface area contributed by atoms with E-state index in [-0.39, 0.29) is 17.5 Å². The van der Waals surface area contributed by atoms with Crippen LogP contribution in [0.15, 0.2) is 54.5 Å². The highest BCUT2D eigenvalue weighted by atomic mass is 35.5. The smallest absolute Gasteiger partial charge is 0.320 e. The molecule has 0 bridgehead atoms. The summed E-state index contributed by atoms with van der Waals surface area (Å²) in [6.07, 6.45) is 9.95. The third-order valence-electron chi connectivity index (χ3n) is 7.21. The predicted molar refractivity (Wildman–Crippen MR) is 138 cm³/mol. The number of carbonyl (C=O) groups excluding carboxylic acids is 2. The molecule has 1 saturated carbocycles. The van der Waals surface area contributed by atoms with Crippen molar-refractivity contribution >= 4 is 45.8 Å². The summed E-state index contributed by atoms with van der Waals surface area (Å²) < 4.78 is 0. The van der Waals surface area contributed by atoms with Crippen molar-refractivity contribution in [3.05, 3.63) is 59.5 Å². The minimum Gasteiger partial charge on any atom is -0.398 e. The van der Waals surface area contributed by atoms with Gasteiger partial charge in [0.2, 0.25) is 5.91 Å². The van der Waals surface area contributed by atoms with Crippen LogP contribution in [0.5, 0.6) is 0 Å². The molecule has 0 atom stereocenters. The second-order valence-electron chi connectivity index (χ2n) is 9.43. The minimum atomic E-state index is -0.213. The van der Waals surface area contributed by atoms with Crippen LogP contribution in [0.25, 0.3) is 21.9 Å². The van der Waals surface area contributed by atoms with Crippen LogP contribution in [0.1, 0.15) is 25.7 Å². The van der Waals surface area contributed by atoms with Crippen LogP contribution in [0.4, 0.5) is 16.3 Å². The molecule has 2 aromatic heterocycles. The Kier molecular flexibility index (Phi) is 5.84. The first-order valence-corrected chi connectivity index (χ1v) is 11.9. The summed E-state index contributed by atoms with van der Waals surface area (Å²) in [6.45, 7) is 0.734. The molecule has 0 radical (unpaired) electrons. The molecule has 2 fully saturated rings. The number of halogens is 1. The molecule has 1 spiro atoms. The van der Waals surface area contributed by atoms with Crippen molar-refractivity contribution in [2.24, 2.45) is 0 Å². The Balaban J connectivity index is 1.32. The van der Waals surface area contributed by atoms with Crippen LogP contribution in [0.2, 0.25) is 5.02 Å². The van der Waals surface area contributed by atoms with Gasteiger partial charge in [-0.25, -0.2) is 9.78 Å². The molecule has 3 amide bonds. The number of pyridine rings is 2. The number of rotatable bonds is 3. The normalized spacial score (nSPS) is 20.1. The van der Waals surface area contributed by atoms with Gasteiger partial charge in [-0.15, -0.1) is 0 Å². The first-order chi connectivity index (χ1) is 16.8. The van der Waals surface area contributed by atoms with E-state index in [2.05, 4.69) is 15.3 Å². The van der Waals surface area contributed by atoms with Crippen LogP contribution in [0, 0.1) is 0 Å². The van der Waals surface area contributed by atoms with Crippen LogP contribution in [-0.2, 0) is 4.79 Å². The van der Waals surface area contributed by atoms with Gasteiger partial charge in [0.25, 0.3) is 0 Å². The van der Waals surface area contributed by atoms with Gasteiger partial charge in [-0.05, 0) is 60.9 Å². The van der Waals surface area contributed by atoms with Gasteiger partial charge in [0.1, 0.15) is 5.82 Å². The number of nitrogens with two attached hydrogens (primary N) is 1. The van der Waals surface area contributed by atoms with Crippen LogP contribution in [-0.4, -0.2) is 57.9 Å². The number of allylic oxidation sites excluding steroid dienone is 1. The van der Waals surface area contributed by atoms with E-state index >= 15 is 0 Å². The van der Waals surface area contributed by atoms with Gasteiger partial charge in [-0.1, -0.05) is 17.2 Å². The molecule has 9 heteroatoms. The van der Waals surface area contributed by atoms with Crippen molar-refractivity contribution in [1.29, 1.82) is 0 Å². The van der Waals surface area contributed by atoms with Crippen molar-refractivity contribution < 1.29 is 9.59 Å². The van der Waals surface area contributed by atoms with E-state index in [9.17, 15) is 9.59 Å². The summed E-state index contributed by atoms with van der Waals surface area (Å²) in [5, 5.41) is 5.10. The molecule has 8 nitrogen and oxygen atoms in total. The molecule has 1 aliphatic carbocycles. The molecule has 35 heavy (non-hydrogen) atoms. The average molecular weight is 491 g/mol. The summed E-state index contributed by atoms with van der Waals surface area (Å²) >= 11 is 6.34. The van der Waals surface area contributed by atoms with E-state index in [1.165, 1.54) is 0 Å². The summed E-state index contributed by atoms with van der Waals surface area (Å²) in [7, 11) is 3.71. The summed E-state index contributed by atoms with van der Waals surface area (Å²) in [5.41, 5.74) is 9.42. The quantitative estimate of drug-likeness (QED) is 0.408. The van der Waals surface area contributed by atoms with E-state index in [0.717, 1.165) is 59.7 Å². The average Bonchev–Trinajstić information content (AvgIpc) is 3.04. The number of urea groups is 1. The molecule has 0 unspecified atom stereocenters. The van der Waals surface area contributed by atoms with Crippen molar-refractivity contribution in [1.82, 2.24) is 19.8 Å². The Hall–Kier alpha value is -3.65. The topological polar surface area (TPSA) is 104 Å². The Morgan fingerprint density at radius 2 is 1.97 bits per heavy atom. The molecule has 3 N–H and O–H groups in total. The highest BCUT2D eigenvalue weighted by Gasteiger charge is 2.47. The number of hydrogen-bond acceptors (Lipinski definition) is 5. The van der Waals surface area contributed by atoms with Crippen molar-refractivity contribution in [2.45, 2.75) is 31.2 Å². The number of nitrogens with zero attached hydrogens (tertiary/aromatic N) is 4. The molecule has 5 rings (SSSR count). The van der Waals surface area contributed by atoms with Gasteiger partial charge in [0, 0.05) is 61.9 Å². The number of benzene rings is 1. The standard InChI is InChI=1S/C26H27ClN6O2/c1-32-15-26(33(2)25(32)35)6-3-16(4-7-26)9-24(34)31-23-12-18-10-17(11-22(28)20(18)14-30-23)19-13-29-8-5-21(19)27/h5,8-14H,3-4,6-7,15,28H2,1-2H3,(H,30,31,34). The Bertz CT molecular complexity index is 1360. The number of hydrogen-bond donors (Lipinski definition) is 2. The maximum Gasteiger partial charge on any atom is 0.320 e. The minimum absolute atomic E-state index is 0.0622. The lowest BCUT2D eigenvalue weighted by atomic mass is 9.79. The number of fused-ring (bicyclic) bond motifs is 1. The highest BCUT2D eigenvalue weighted by Crippen LogP contribution is 2.40. The van der Waals surface area contributed by atoms with Gasteiger partial charge in [0.05, 0.1) is 10.6 Å². The van der Waals surface area contributed by atoms with Crippen LogP contribution >= 0.6 is 11.6 Å². The number of aromatic nitrogens is 2. The van der Waals surface area contributed by atoms with E-state index in [1.807, 2.05) is 31.1 Å². The van der Waals surface area contributed by atoms with Gasteiger partial charge in [0.15, 0.2) is 0 Å². The maximum absolute atomic E-state index is 12.7. The largest absolute Gasteiger partial charge is 0.398 e. The molecule has 1 aliphatic heterocycles.